The number of rotatable bonds is 0. The van der Waals surface area contributed by atoms with Crippen molar-refractivity contribution in [2.24, 2.45) is 0 Å². The molecule has 1 N–H and O–H groups in total. The third-order valence-electron chi connectivity index (χ3n) is 1.99. The number of H-pyrrole nitrogens is 1. The molecule has 0 radical (unpaired) electrons. The molecule has 3 aromatic rings. The van der Waals surface area contributed by atoms with E-state index in [1.54, 1.807) is 0 Å². The van der Waals surface area contributed by atoms with Crippen LogP contribution < -0.4 is 0 Å². The molecular weight excluding hydrogens is 380 g/mol. The molecule has 4 heteroatoms. The fourth-order valence-corrected chi connectivity index (χ4v) is 1.31. The molecule has 21 heavy (non-hydrogen) atoms. The van der Waals surface area contributed by atoms with E-state index >= 15 is 0 Å². The minimum Gasteiger partial charge on any atom is -0.484 e. The second-order valence-corrected chi connectivity index (χ2v) is 2.97. The average Bonchev–Trinajstić information content (AvgIpc) is 3.06. The van der Waals surface area contributed by atoms with Gasteiger partial charge in [-0.05, 0) is 0 Å². The molecule has 0 bridgehead atoms. The van der Waals surface area contributed by atoms with Crippen LogP contribution in [0.2, 0.25) is 0 Å². The van der Waals surface area contributed by atoms with E-state index in [0.717, 1.165) is 0 Å². The number of aromatic nitrogens is 1. The number of halogens is 2. The molecule has 1 nitrogen and oxygen atoms in total. The second-order valence-electron chi connectivity index (χ2n) is 2.97. The van der Waals surface area contributed by atoms with Crippen LogP contribution in [0.25, 0.3) is 10.8 Å². The predicted molar refractivity (Wildman–Crippen MR) is 100 cm³/mol. The summed E-state index contributed by atoms with van der Waals surface area (Å²) in [6.07, 6.45) is 4.56. The Morgan fingerprint density at radius 2 is 1.57 bits per heavy atom. The molecule has 0 fully saturated rings. The van der Waals surface area contributed by atoms with Crippen LogP contribution in [0.4, 0.5) is 0 Å². The van der Waals surface area contributed by atoms with Gasteiger partial charge in [-0.3, -0.25) is 0 Å². The molecule has 0 saturated heterocycles. The van der Waals surface area contributed by atoms with Crippen LogP contribution >= 0.6 is 24.8 Å². The van der Waals surface area contributed by atoms with Gasteiger partial charge in [0.1, 0.15) is 0 Å². The molecule has 1 aromatic heterocycles. The summed E-state index contributed by atoms with van der Waals surface area (Å²) in [6.45, 7) is 0. The van der Waals surface area contributed by atoms with E-state index in [2.05, 4.69) is 57.9 Å². The van der Waals surface area contributed by atoms with Gasteiger partial charge in [-0.15, -0.1) is 60.7 Å². The Morgan fingerprint density at radius 3 is 2.00 bits per heavy atom. The van der Waals surface area contributed by atoms with Gasteiger partial charge in [0.15, 0.2) is 0 Å². The van der Waals surface area contributed by atoms with Gasteiger partial charge in [0, 0.05) is 0 Å². The molecule has 0 aliphatic heterocycles. The van der Waals surface area contributed by atoms with Crippen molar-refractivity contribution in [3.05, 3.63) is 89.3 Å². The van der Waals surface area contributed by atoms with Gasteiger partial charge in [0.05, 0.1) is 0 Å². The van der Waals surface area contributed by atoms with Crippen molar-refractivity contribution in [2.45, 2.75) is 0 Å². The maximum Gasteiger partial charge on any atom is -0.0809 e. The SMILES string of the molecule is Cl.Cl.[CH2]=[Zr].[CH3-].[CH3-].[CH3-].[c-]1ccc[nH]1.c1ccc2[cH-]ccc2c1. The summed E-state index contributed by atoms with van der Waals surface area (Å²) in [5.41, 5.74) is 0. The summed E-state index contributed by atoms with van der Waals surface area (Å²) in [5.74, 6) is 0. The zero-order valence-corrected chi connectivity index (χ0v) is 16.9. The van der Waals surface area contributed by atoms with Gasteiger partial charge in [0.2, 0.25) is 0 Å². The summed E-state index contributed by atoms with van der Waals surface area (Å²) in [6, 6.07) is 18.4. The minimum atomic E-state index is 0. The Bertz CT molecular complexity index is 445. The van der Waals surface area contributed by atoms with Crippen molar-refractivity contribution >= 4 is 39.8 Å². The monoisotopic (exact) mass is 402 g/mol. The second kappa shape index (κ2) is 21.7. The Morgan fingerprint density at radius 1 is 0.952 bits per heavy atom. The first kappa shape index (κ1) is 32.4. The molecule has 0 amide bonds. The van der Waals surface area contributed by atoms with Crippen LogP contribution in [0.3, 0.4) is 0 Å². The standard InChI is InChI=1S/C9H7.C4H4N.3CH3.CH2.2ClH.Zr/c1-2-5-9-7-3-6-8(9)4-1;1-2-4-5-3-1;;;;;;;/h1-7H;1-3,5H;3*1H3;1H2;2*1H;/q5*-1;;;;. The van der Waals surface area contributed by atoms with E-state index in [1.807, 2.05) is 18.3 Å². The molecule has 0 aliphatic carbocycles. The van der Waals surface area contributed by atoms with E-state index in [1.165, 1.54) is 35.0 Å². The first-order valence-electron chi connectivity index (χ1n) is 4.92. The van der Waals surface area contributed by atoms with E-state index in [-0.39, 0.29) is 47.1 Å². The van der Waals surface area contributed by atoms with E-state index < -0.39 is 0 Å². The van der Waals surface area contributed by atoms with Gasteiger partial charge >= 0.3 is 28.4 Å². The third kappa shape index (κ3) is 12.9. The Hall–Kier alpha value is -0.557. The van der Waals surface area contributed by atoms with Gasteiger partial charge < -0.3 is 27.3 Å². The molecule has 2 aromatic carbocycles. The number of nitrogens with one attached hydrogen (secondary N) is 1. The average molecular weight is 405 g/mol. The van der Waals surface area contributed by atoms with Crippen LogP contribution in [0.1, 0.15) is 0 Å². The summed E-state index contributed by atoms with van der Waals surface area (Å²) >= 11 is 1.30. The summed E-state index contributed by atoms with van der Waals surface area (Å²) < 4.78 is 3.34. The number of hydrogen-bond acceptors (Lipinski definition) is 0. The molecule has 120 valence electrons. The van der Waals surface area contributed by atoms with E-state index in [9.17, 15) is 0 Å². The van der Waals surface area contributed by atoms with Crippen molar-refractivity contribution in [3.63, 3.8) is 0 Å². The fourth-order valence-electron chi connectivity index (χ4n) is 1.31. The first-order chi connectivity index (χ1) is 7.97. The van der Waals surface area contributed by atoms with Crippen molar-refractivity contribution < 1.29 is 24.2 Å². The Labute approximate surface area is 157 Å². The van der Waals surface area contributed by atoms with Crippen LogP contribution in [0.15, 0.2) is 60.8 Å². The molecule has 0 aliphatic rings. The van der Waals surface area contributed by atoms with Gasteiger partial charge in [-0.1, -0.05) is 6.07 Å². The van der Waals surface area contributed by atoms with Crippen molar-refractivity contribution in [2.75, 3.05) is 0 Å². The molecule has 3 rings (SSSR count). The molecule has 0 spiro atoms. The first-order valence-corrected chi connectivity index (χ1v) is 6.66. The van der Waals surface area contributed by atoms with Gasteiger partial charge in [0.25, 0.3) is 0 Å². The normalized spacial score (nSPS) is 6.43. The minimum absolute atomic E-state index is 0. The summed E-state index contributed by atoms with van der Waals surface area (Å²) in [7, 11) is 0. The van der Waals surface area contributed by atoms with Crippen LogP contribution in [0.5, 0.6) is 0 Å². The maximum atomic E-state index is 3.34. The summed E-state index contributed by atoms with van der Waals surface area (Å²) in [4.78, 5) is 2.74. The maximum absolute atomic E-state index is 3.34. The van der Waals surface area contributed by atoms with Crippen molar-refractivity contribution in [1.82, 2.24) is 4.98 Å². The van der Waals surface area contributed by atoms with Crippen molar-refractivity contribution in [1.29, 1.82) is 0 Å². The number of aromatic amines is 1. The fraction of sp³-hybridized carbons (Fsp3) is 0. The number of benzene rings is 1. The zero-order chi connectivity index (χ0) is 11.6. The van der Waals surface area contributed by atoms with Crippen LogP contribution in [0, 0.1) is 28.5 Å². The number of fused-ring (bicyclic) bond motifs is 1. The number of hydrogen-bond donors (Lipinski definition) is 1. The van der Waals surface area contributed by atoms with E-state index in [4.69, 9.17) is 0 Å². The smallest absolute Gasteiger partial charge is 0.0809 e. The van der Waals surface area contributed by atoms with E-state index in [0.29, 0.717) is 0 Å². The van der Waals surface area contributed by atoms with Crippen LogP contribution in [-0.4, -0.2) is 9.20 Å². The molecule has 1 heterocycles. The van der Waals surface area contributed by atoms with Crippen LogP contribution in [-0.2, 0) is 24.2 Å². The Kier molecular flexibility index (Phi) is 33.5. The molecule has 0 atom stereocenters. The van der Waals surface area contributed by atoms with Gasteiger partial charge in [-0.25, -0.2) is 0 Å². The molecule has 0 unspecified atom stereocenters. The Balaban J connectivity index is -0.0000000639. The van der Waals surface area contributed by atoms with Crippen molar-refractivity contribution in [3.8, 4) is 0 Å². The summed E-state index contributed by atoms with van der Waals surface area (Å²) in [5, 5.41) is 2.66. The quantitative estimate of drug-likeness (QED) is 0.474. The molecular formula is C17H24Cl2NZr-5. The van der Waals surface area contributed by atoms with Gasteiger partial charge in [-0.2, -0.15) is 35.8 Å². The largest absolute Gasteiger partial charge is 0.484 e. The zero-order valence-electron chi connectivity index (χ0n) is 12.8. The molecule has 0 saturated carbocycles. The predicted octanol–water partition coefficient (Wildman–Crippen LogP) is 5.53. The third-order valence-corrected chi connectivity index (χ3v) is 1.99. The topological polar surface area (TPSA) is 15.8 Å².